The Balaban J connectivity index is 2.76. The van der Waals surface area contributed by atoms with E-state index in [0.717, 1.165) is 12.0 Å². The second-order valence-corrected chi connectivity index (χ2v) is 3.83. The fourth-order valence-electron chi connectivity index (χ4n) is 1.08. The Morgan fingerprint density at radius 3 is 2.85 bits per heavy atom. The van der Waals surface area contributed by atoms with E-state index >= 15 is 0 Å². The number of rotatable bonds is 3. The smallest absolute Gasteiger partial charge is 0.254 e. The summed E-state index contributed by atoms with van der Waals surface area (Å²) in [5.74, 6) is -0.0573. The average molecular weight is 198 g/mol. The Labute approximate surface area is 81.9 Å². The zero-order chi connectivity index (χ0) is 9.84. The first-order valence-electron chi connectivity index (χ1n) is 4.28. The van der Waals surface area contributed by atoms with Crippen LogP contribution in [0.5, 0.6) is 0 Å². The fraction of sp³-hybridized carbons (Fsp3) is 0.444. The first-order valence-corrected chi connectivity index (χ1v) is 5.16. The van der Waals surface area contributed by atoms with Crippen molar-refractivity contribution in [2.75, 3.05) is 12.3 Å². The molecule has 1 amide bonds. The molecule has 0 aromatic carbocycles. The first kappa shape index (κ1) is 10.1. The third-order valence-corrected chi connectivity index (χ3v) is 2.70. The van der Waals surface area contributed by atoms with E-state index in [1.807, 2.05) is 19.2 Å². The Hall–Kier alpha value is -1.03. The van der Waals surface area contributed by atoms with Gasteiger partial charge in [-0.25, -0.2) is 0 Å². The molecule has 1 rings (SSSR count). The number of nitrogens with two attached hydrogens (primary N) is 1. The van der Waals surface area contributed by atoms with Gasteiger partial charge in [-0.2, -0.15) is 0 Å². The van der Waals surface area contributed by atoms with Gasteiger partial charge in [0.05, 0.1) is 10.6 Å². The summed E-state index contributed by atoms with van der Waals surface area (Å²) < 4.78 is 0. The Bertz CT molecular complexity index is 287. The minimum Gasteiger partial charge on any atom is -0.390 e. The second kappa shape index (κ2) is 4.28. The van der Waals surface area contributed by atoms with Crippen LogP contribution < -0.4 is 11.1 Å². The maximum atomic E-state index is 11.5. The van der Waals surface area contributed by atoms with E-state index in [0.29, 0.717) is 17.1 Å². The first-order chi connectivity index (χ1) is 6.16. The number of thiophene rings is 1. The lowest BCUT2D eigenvalue weighted by Crippen LogP contribution is -2.24. The highest BCUT2D eigenvalue weighted by Gasteiger charge is 2.13. The van der Waals surface area contributed by atoms with Crippen LogP contribution >= 0.6 is 11.3 Å². The maximum absolute atomic E-state index is 11.5. The predicted octanol–water partition coefficient (Wildman–Crippen LogP) is 1.78. The van der Waals surface area contributed by atoms with E-state index in [2.05, 4.69) is 5.32 Å². The van der Waals surface area contributed by atoms with E-state index in [-0.39, 0.29) is 5.91 Å². The summed E-state index contributed by atoms with van der Waals surface area (Å²) in [5, 5.41) is 5.31. The van der Waals surface area contributed by atoms with Crippen molar-refractivity contribution in [1.82, 2.24) is 5.32 Å². The Morgan fingerprint density at radius 2 is 2.38 bits per heavy atom. The third kappa shape index (κ3) is 2.21. The van der Waals surface area contributed by atoms with Crippen molar-refractivity contribution in [2.45, 2.75) is 20.3 Å². The van der Waals surface area contributed by atoms with Gasteiger partial charge in [0.15, 0.2) is 0 Å². The van der Waals surface area contributed by atoms with E-state index in [1.165, 1.54) is 11.3 Å². The summed E-state index contributed by atoms with van der Waals surface area (Å²) in [5.41, 5.74) is 7.26. The largest absolute Gasteiger partial charge is 0.390 e. The molecule has 4 heteroatoms. The molecule has 13 heavy (non-hydrogen) atoms. The SMILES string of the molecule is CCCNC(=O)c1c(C)csc1N. The van der Waals surface area contributed by atoms with Gasteiger partial charge in [-0.3, -0.25) is 4.79 Å². The number of nitrogen functional groups attached to an aromatic ring is 1. The van der Waals surface area contributed by atoms with Crippen molar-refractivity contribution >= 4 is 22.2 Å². The van der Waals surface area contributed by atoms with E-state index in [4.69, 9.17) is 5.73 Å². The number of nitrogens with one attached hydrogen (secondary N) is 1. The normalized spacial score (nSPS) is 10.0. The van der Waals surface area contributed by atoms with Crippen LogP contribution in [0.1, 0.15) is 29.3 Å². The van der Waals surface area contributed by atoms with Crippen LogP contribution in [0, 0.1) is 6.92 Å². The molecule has 1 heterocycles. The molecule has 0 spiro atoms. The highest BCUT2D eigenvalue weighted by molar-refractivity contribution is 7.14. The molecule has 0 saturated carbocycles. The monoisotopic (exact) mass is 198 g/mol. The number of carbonyl (C=O) groups is 1. The quantitative estimate of drug-likeness (QED) is 0.777. The lowest BCUT2D eigenvalue weighted by molar-refractivity contribution is 0.0954. The number of carbonyl (C=O) groups excluding carboxylic acids is 1. The zero-order valence-corrected chi connectivity index (χ0v) is 8.70. The van der Waals surface area contributed by atoms with Gasteiger partial charge in [-0.15, -0.1) is 11.3 Å². The average Bonchev–Trinajstić information content (AvgIpc) is 2.42. The van der Waals surface area contributed by atoms with Crippen molar-refractivity contribution < 1.29 is 4.79 Å². The summed E-state index contributed by atoms with van der Waals surface area (Å²) in [6, 6.07) is 0. The third-order valence-electron chi connectivity index (χ3n) is 1.77. The number of hydrogen-bond acceptors (Lipinski definition) is 3. The molecule has 0 fully saturated rings. The molecule has 1 aromatic rings. The van der Waals surface area contributed by atoms with Gasteiger partial charge in [-0.1, -0.05) is 6.92 Å². The number of aryl methyl sites for hydroxylation is 1. The van der Waals surface area contributed by atoms with Gasteiger partial charge in [0.25, 0.3) is 5.91 Å². The molecule has 0 bridgehead atoms. The van der Waals surface area contributed by atoms with Gasteiger partial charge in [0.1, 0.15) is 0 Å². The molecule has 3 N–H and O–H groups in total. The standard InChI is InChI=1S/C9H14N2OS/c1-3-4-11-9(12)7-6(2)5-13-8(7)10/h5H,3-4,10H2,1-2H3,(H,11,12). The molecule has 3 nitrogen and oxygen atoms in total. The number of amides is 1. The lowest BCUT2D eigenvalue weighted by Gasteiger charge is -2.03. The number of anilines is 1. The fourth-order valence-corrected chi connectivity index (χ4v) is 1.88. The van der Waals surface area contributed by atoms with Crippen LogP contribution in [0.15, 0.2) is 5.38 Å². The molecular weight excluding hydrogens is 184 g/mol. The zero-order valence-electron chi connectivity index (χ0n) is 7.89. The van der Waals surface area contributed by atoms with Crippen molar-refractivity contribution in [2.24, 2.45) is 0 Å². The molecule has 1 aromatic heterocycles. The molecule has 72 valence electrons. The maximum Gasteiger partial charge on any atom is 0.254 e. The van der Waals surface area contributed by atoms with Crippen molar-refractivity contribution in [1.29, 1.82) is 0 Å². The van der Waals surface area contributed by atoms with E-state index in [1.54, 1.807) is 0 Å². The minimum atomic E-state index is -0.0573. The predicted molar refractivity (Wildman–Crippen MR) is 56.1 cm³/mol. The molecule has 0 radical (unpaired) electrons. The molecule has 0 aliphatic rings. The van der Waals surface area contributed by atoms with Gasteiger partial charge in [0.2, 0.25) is 0 Å². The molecule has 0 aliphatic heterocycles. The second-order valence-electron chi connectivity index (χ2n) is 2.91. The van der Waals surface area contributed by atoms with E-state index < -0.39 is 0 Å². The van der Waals surface area contributed by atoms with Gasteiger partial charge < -0.3 is 11.1 Å². The summed E-state index contributed by atoms with van der Waals surface area (Å²) in [4.78, 5) is 11.5. The topological polar surface area (TPSA) is 55.1 Å². The van der Waals surface area contributed by atoms with Crippen molar-refractivity contribution in [3.63, 3.8) is 0 Å². The van der Waals surface area contributed by atoms with Crippen LogP contribution in [-0.2, 0) is 0 Å². The Morgan fingerprint density at radius 1 is 1.69 bits per heavy atom. The van der Waals surface area contributed by atoms with Gasteiger partial charge >= 0.3 is 0 Å². The van der Waals surface area contributed by atoms with Crippen LogP contribution in [0.3, 0.4) is 0 Å². The van der Waals surface area contributed by atoms with Crippen LogP contribution in [0.4, 0.5) is 5.00 Å². The van der Waals surface area contributed by atoms with Gasteiger partial charge in [-0.05, 0) is 24.3 Å². The molecule has 0 saturated heterocycles. The summed E-state index contributed by atoms with van der Waals surface area (Å²) >= 11 is 1.41. The molecular formula is C9H14N2OS. The highest BCUT2D eigenvalue weighted by atomic mass is 32.1. The van der Waals surface area contributed by atoms with E-state index in [9.17, 15) is 4.79 Å². The summed E-state index contributed by atoms with van der Waals surface area (Å²) in [6.45, 7) is 4.62. The van der Waals surface area contributed by atoms with Crippen molar-refractivity contribution in [3.8, 4) is 0 Å². The highest BCUT2D eigenvalue weighted by Crippen LogP contribution is 2.23. The summed E-state index contributed by atoms with van der Waals surface area (Å²) in [7, 11) is 0. The molecule has 0 aliphatic carbocycles. The molecule has 0 unspecified atom stereocenters. The van der Waals surface area contributed by atoms with Crippen LogP contribution in [0.2, 0.25) is 0 Å². The van der Waals surface area contributed by atoms with Crippen LogP contribution in [0.25, 0.3) is 0 Å². The van der Waals surface area contributed by atoms with Crippen molar-refractivity contribution in [3.05, 3.63) is 16.5 Å². The number of hydrogen-bond donors (Lipinski definition) is 2. The van der Waals surface area contributed by atoms with Crippen LogP contribution in [-0.4, -0.2) is 12.5 Å². The lowest BCUT2D eigenvalue weighted by atomic mass is 10.2. The summed E-state index contributed by atoms with van der Waals surface area (Å²) in [6.07, 6.45) is 0.939. The molecule has 0 atom stereocenters. The van der Waals surface area contributed by atoms with Gasteiger partial charge in [0, 0.05) is 6.54 Å². The minimum absolute atomic E-state index is 0.0573. The Kier molecular flexibility index (Phi) is 3.31.